The van der Waals surface area contributed by atoms with Gasteiger partial charge < -0.3 is 14.5 Å². The van der Waals surface area contributed by atoms with Crippen LogP contribution in [-0.4, -0.2) is 75.5 Å². The number of likely N-dealkylation sites (N-methyl/N-ethyl adjacent to an activating group) is 1. The molecule has 2 saturated heterocycles. The Hall–Kier alpha value is -4.66. The maximum Gasteiger partial charge on any atom is 0.151 e. The second-order valence-electron chi connectivity index (χ2n) is 11.9. The molecule has 2 fully saturated rings. The molecule has 2 atom stereocenters. The van der Waals surface area contributed by atoms with Gasteiger partial charge in [0.2, 0.25) is 0 Å². The molecule has 8 heteroatoms. The van der Waals surface area contributed by atoms with Crippen molar-refractivity contribution >= 4 is 33.2 Å². The summed E-state index contributed by atoms with van der Waals surface area (Å²) in [7, 11) is 2.26. The molecule has 2 bridgehead atoms. The first-order chi connectivity index (χ1) is 20.7. The molecule has 0 amide bonds. The van der Waals surface area contributed by atoms with Crippen molar-refractivity contribution in [2.24, 2.45) is 0 Å². The summed E-state index contributed by atoms with van der Waals surface area (Å²) >= 11 is 0. The molecule has 2 aromatic heterocycles. The Bertz CT molecular complexity index is 1850. The van der Waals surface area contributed by atoms with Crippen LogP contribution in [0.25, 0.3) is 44.1 Å². The van der Waals surface area contributed by atoms with Crippen LogP contribution in [0, 0.1) is 0 Å². The maximum atomic E-state index is 6.71. The van der Waals surface area contributed by atoms with E-state index < -0.39 is 0 Å². The summed E-state index contributed by atoms with van der Waals surface area (Å²) in [5.74, 6) is 1.77. The fourth-order valence-corrected chi connectivity index (χ4v) is 7.18. The third kappa shape index (κ3) is 3.83. The van der Waals surface area contributed by atoms with Crippen LogP contribution < -0.4 is 9.64 Å². The minimum Gasteiger partial charge on any atom is -0.453 e. The third-order valence-electron chi connectivity index (χ3n) is 9.51. The molecule has 0 saturated carbocycles. The number of nitrogens with zero attached hydrogens (tertiary/aromatic N) is 5. The maximum absolute atomic E-state index is 6.71. The Morgan fingerprint density at radius 1 is 0.690 bits per heavy atom. The average Bonchev–Trinajstić information content (AvgIpc) is 3.82. The van der Waals surface area contributed by atoms with Gasteiger partial charge in [-0.15, -0.1) is 0 Å². The number of anilines is 2. The molecule has 2 N–H and O–H groups in total. The standard InChI is InChI=1S/C34H31N7O/c1-39-19-28-16-27(39)20-40(28)10-11-41-31-8-4-23(21-2-6-29-25(12-21)17-35-37-29)14-33(31)42-34-15-24(5-9-32(34)41)22-3-7-30-26(13-22)18-36-38-30/h2-9,12-15,17-18,27-28H,10-11,16,19-20H2,1H3,(H,35,37)(H,36,38)/t27-,28-/m0/s1. The van der Waals surface area contributed by atoms with E-state index >= 15 is 0 Å². The number of likely N-dealkylation sites (tertiary alicyclic amines) is 2. The number of aromatic amines is 2. The monoisotopic (exact) mass is 553 g/mol. The van der Waals surface area contributed by atoms with Crippen molar-refractivity contribution in [1.82, 2.24) is 30.2 Å². The van der Waals surface area contributed by atoms with Crippen molar-refractivity contribution < 1.29 is 4.74 Å². The van der Waals surface area contributed by atoms with Gasteiger partial charge in [0.05, 0.1) is 34.8 Å². The van der Waals surface area contributed by atoms with Gasteiger partial charge in [0.15, 0.2) is 11.5 Å². The summed E-state index contributed by atoms with van der Waals surface area (Å²) in [5, 5.41) is 16.7. The molecular weight excluding hydrogens is 522 g/mol. The zero-order chi connectivity index (χ0) is 27.8. The summed E-state index contributed by atoms with van der Waals surface area (Å²) in [6.45, 7) is 4.29. The van der Waals surface area contributed by atoms with Gasteiger partial charge in [0.1, 0.15) is 0 Å². The van der Waals surface area contributed by atoms with Crippen LogP contribution in [0.1, 0.15) is 6.42 Å². The van der Waals surface area contributed by atoms with E-state index in [1.54, 1.807) is 0 Å². The smallest absolute Gasteiger partial charge is 0.151 e. The van der Waals surface area contributed by atoms with Crippen molar-refractivity contribution in [2.45, 2.75) is 18.5 Å². The lowest BCUT2D eigenvalue weighted by atomic mass is 10.0. The van der Waals surface area contributed by atoms with Crippen molar-refractivity contribution in [1.29, 1.82) is 0 Å². The van der Waals surface area contributed by atoms with E-state index in [4.69, 9.17) is 4.74 Å². The molecule has 3 aliphatic heterocycles. The molecule has 0 spiro atoms. The third-order valence-corrected chi connectivity index (χ3v) is 9.51. The highest BCUT2D eigenvalue weighted by Gasteiger charge is 2.41. The molecule has 5 heterocycles. The first kappa shape index (κ1) is 24.0. The highest BCUT2D eigenvalue weighted by atomic mass is 16.5. The first-order valence-corrected chi connectivity index (χ1v) is 14.7. The number of hydrogen-bond acceptors (Lipinski definition) is 6. The van der Waals surface area contributed by atoms with E-state index in [9.17, 15) is 0 Å². The van der Waals surface area contributed by atoms with Gasteiger partial charge in [-0.05, 0) is 84.3 Å². The lowest BCUT2D eigenvalue weighted by Gasteiger charge is -2.37. The van der Waals surface area contributed by atoms with Gasteiger partial charge in [0, 0.05) is 49.0 Å². The molecule has 0 radical (unpaired) electrons. The fraction of sp³-hybridized carbons (Fsp3) is 0.235. The lowest BCUT2D eigenvalue weighted by Crippen LogP contribution is -2.46. The second kappa shape index (κ2) is 9.17. The zero-order valence-corrected chi connectivity index (χ0v) is 23.4. The lowest BCUT2D eigenvalue weighted by molar-refractivity contribution is 0.153. The van der Waals surface area contributed by atoms with Crippen LogP contribution >= 0.6 is 0 Å². The predicted molar refractivity (Wildman–Crippen MR) is 167 cm³/mol. The normalized spacial score (nSPS) is 19.9. The van der Waals surface area contributed by atoms with E-state index in [0.717, 1.165) is 86.6 Å². The van der Waals surface area contributed by atoms with Gasteiger partial charge in [0.25, 0.3) is 0 Å². The molecule has 4 aromatic carbocycles. The fourth-order valence-electron chi connectivity index (χ4n) is 7.18. The van der Waals surface area contributed by atoms with E-state index in [-0.39, 0.29) is 0 Å². The molecular formula is C34H31N7O. The summed E-state index contributed by atoms with van der Waals surface area (Å²) in [6, 6.07) is 27.4. The van der Waals surface area contributed by atoms with Crippen molar-refractivity contribution in [2.75, 3.05) is 38.1 Å². The molecule has 8 nitrogen and oxygen atoms in total. The van der Waals surface area contributed by atoms with Crippen molar-refractivity contribution in [3.8, 4) is 33.8 Å². The molecule has 208 valence electrons. The Labute approximate surface area is 243 Å². The highest BCUT2D eigenvalue weighted by molar-refractivity contribution is 5.88. The number of hydrogen-bond donors (Lipinski definition) is 2. The van der Waals surface area contributed by atoms with Gasteiger partial charge in [-0.2, -0.15) is 10.2 Å². The molecule has 0 aliphatic carbocycles. The van der Waals surface area contributed by atoms with Crippen LogP contribution in [0.5, 0.6) is 11.5 Å². The number of fused-ring (bicyclic) bond motifs is 6. The quantitative estimate of drug-likeness (QED) is 0.257. The molecule has 9 rings (SSSR count). The van der Waals surface area contributed by atoms with E-state index in [0.29, 0.717) is 12.1 Å². The van der Waals surface area contributed by atoms with Crippen LogP contribution in [0.2, 0.25) is 0 Å². The molecule has 42 heavy (non-hydrogen) atoms. The summed E-state index contributed by atoms with van der Waals surface area (Å²) in [5.41, 5.74) is 8.85. The van der Waals surface area contributed by atoms with Crippen LogP contribution in [0.15, 0.2) is 85.2 Å². The number of ether oxygens (including phenoxy) is 1. The molecule has 6 aromatic rings. The van der Waals surface area contributed by atoms with Gasteiger partial charge in [-0.25, -0.2) is 0 Å². The average molecular weight is 554 g/mol. The van der Waals surface area contributed by atoms with Crippen LogP contribution in [0.4, 0.5) is 11.4 Å². The molecule has 3 aliphatic rings. The number of piperazine rings is 1. The van der Waals surface area contributed by atoms with Gasteiger partial charge in [-0.3, -0.25) is 15.1 Å². The minimum atomic E-state index is 0.667. The van der Waals surface area contributed by atoms with E-state index in [2.05, 4.69) is 115 Å². The van der Waals surface area contributed by atoms with Gasteiger partial charge >= 0.3 is 0 Å². The Morgan fingerprint density at radius 2 is 1.26 bits per heavy atom. The Kier molecular flexibility index (Phi) is 5.24. The number of aromatic nitrogens is 4. The van der Waals surface area contributed by atoms with E-state index in [1.165, 1.54) is 13.0 Å². The van der Waals surface area contributed by atoms with Gasteiger partial charge in [-0.1, -0.05) is 24.3 Å². The Balaban J connectivity index is 1.09. The summed E-state index contributed by atoms with van der Waals surface area (Å²) in [6.07, 6.45) is 5.04. The minimum absolute atomic E-state index is 0.667. The Morgan fingerprint density at radius 3 is 1.81 bits per heavy atom. The number of H-pyrrole nitrogens is 2. The predicted octanol–water partition coefficient (Wildman–Crippen LogP) is 6.41. The zero-order valence-electron chi connectivity index (χ0n) is 23.4. The summed E-state index contributed by atoms with van der Waals surface area (Å²) < 4.78 is 6.71. The SMILES string of the molecule is CN1C[C@@H]2C[C@H]1CN2CCN1c2ccc(-c3ccc4[nH]ncc4c3)cc2Oc2cc(-c3ccc4[nH]ncc4c3)ccc21. The van der Waals surface area contributed by atoms with Crippen molar-refractivity contribution in [3.63, 3.8) is 0 Å². The van der Waals surface area contributed by atoms with Crippen LogP contribution in [-0.2, 0) is 0 Å². The second-order valence-corrected chi connectivity index (χ2v) is 11.9. The number of nitrogens with one attached hydrogen (secondary N) is 2. The van der Waals surface area contributed by atoms with Crippen molar-refractivity contribution in [3.05, 3.63) is 85.2 Å². The van der Waals surface area contributed by atoms with E-state index in [1.807, 2.05) is 12.4 Å². The molecule has 0 unspecified atom stereocenters. The summed E-state index contributed by atoms with van der Waals surface area (Å²) in [4.78, 5) is 7.66. The number of rotatable bonds is 5. The number of benzene rings is 4. The van der Waals surface area contributed by atoms with Crippen LogP contribution in [0.3, 0.4) is 0 Å². The highest BCUT2D eigenvalue weighted by Crippen LogP contribution is 2.49. The topological polar surface area (TPSA) is 76.3 Å². The first-order valence-electron chi connectivity index (χ1n) is 14.7. The largest absolute Gasteiger partial charge is 0.453 e.